The smallest absolute Gasteiger partial charge is 0.369 e. The number of nitrogens with two attached hydrogens (primary N) is 1. The first-order valence-corrected chi connectivity index (χ1v) is 6.94. The third kappa shape index (κ3) is 2.52. The molecule has 116 valence electrons. The van der Waals surface area contributed by atoms with Crippen LogP contribution in [0.25, 0.3) is 0 Å². The van der Waals surface area contributed by atoms with Crippen molar-refractivity contribution in [2.24, 2.45) is 17.6 Å². The normalized spacial score (nSPS) is 33.9. The number of imidazole rings is 1. The summed E-state index contributed by atoms with van der Waals surface area (Å²) in [6, 6.07) is 0. The Hall–Kier alpha value is -1.57. The monoisotopic (exact) mass is 302 g/mol. The third-order valence-corrected chi connectivity index (χ3v) is 4.69. The maximum Gasteiger partial charge on any atom is 0.399 e. The molecule has 21 heavy (non-hydrogen) atoms. The van der Waals surface area contributed by atoms with E-state index in [1.165, 1.54) is 12.4 Å². The summed E-state index contributed by atoms with van der Waals surface area (Å²) in [7, 11) is 0. The Balaban J connectivity index is 1.82. The molecule has 1 saturated carbocycles. The van der Waals surface area contributed by atoms with Gasteiger partial charge in [-0.05, 0) is 31.7 Å². The van der Waals surface area contributed by atoms with Gasteiger partial charge in [0.25, 0.3) is 0 Å². The lowest BCUT2D eigenvalue weighted by Crippen LogP contribution is -2.46. The van der Waals surface area contributed by atoms with Crippen LogP contribution in [0.4, 0.5) is 13.2 Å². The predicted molar refractivity (Wildman–Crippen MR) is 68.1 cm³/mol. The fourth-order valence-electron chi connectivity index (χ4n) is 3.58. The summed E-state index contributed by atoms with van der Waals surface area (Å²) in [5.41, 5.74) is 4.68. The average Bonchev–Trinajstić information content (AvgIpc) is 2.84. The van der Waals surface area contributed by atoms with Crippen molar-refractivity contribution in [3.63, 3.8) is 0 Å². The highest BCUT2D eigenvalue weighted by Crippen LogP contribution is 2.60. The van der Waals surface area contributed by atoms with E-state index in [0.717, 1.165) is 0 Å². The average molecular weight is 302 g/mol. The van der Waals surface area contributed by atoms with E-state index < -0.39 is 29.5 Å². The number of carbonyl (C=O) groups is 1. The Labute approximate surface area is 119 Å². The number of alkyl halides is 3. The Bertz CT molecular complexity index is 530. The Morgan fingerprint density at radius 1 is 1.48 bits per heavy atom. The summed E-state index contributed by atoms with van der Waals surface area (Å²) in [6.45, 7) is 0.521. The first kappa shape index (κ1) is 14.4. The van der Waals surface area contributed by atoms with E-state index in [2.05, 4.69) is 15.3 Å². The molecule has 4 atom stereocenters. The number of aromatic amines is 1. The van der Waals surface area contributed by atoms with Crippen LogP contribution in [0.15, 0.2) is 12.4 Å². The number of primary amides is 1. The second kappa shape index (κ2) is 4.72. The van der Waals surface area contributed by atoms with Gasteiger partial charge in [0.15, 0.2) is 0 Å². The zero-order valence-corrected chi connectivity index (χ0v) is 11.3. The van der Waals surface area contributed by atoms with E-state index in [1.54, 1.807) is 0 Å². The van der Waals surface area contributed by atoms with E-state index in [0.29, 0.717) is 25.8 Å². The molecule has 2 aliphatic rings. The first-order chi connectivity index (χ1) is 9.83. The molecule has 0 bridgehead atoms. The van der Waals surface area contributed by atoms with Gasteiger partial charge in [0.05, 0.1) is 0 Å². The number of carbonyl (C=O) groups excluding carboxylic acids is 1. The van der Waals surface area contributed by atoms with Gasteiger partial charge in [-0.3, -0.25) is 4.79 Å². The van der Waals surface area contributed by atoms with Crippen LogP contribution in [-0.4, -0.2) is 34.1 Å². The van der Waals surface area contributed by atoms with Gasteiger partial charge in [0.1, 0.15) is 11.7 Å². The molecule has 1 aliphatic carbocycles. The van der Waals surface area contributed by atoms with Gasteiger partial charge in [0.2, 0.25) is 5.91 Å². The number of hydrogen-bond acceptors (Lipinski definition) is 3. The molecular formula is C13H17F3N4O. The fraction of sp³-hybridized carbons (Fsp3) is 0.692. The molecule has 1 spiro atoms. The van der Waals surface area contributed by atoms with Crippen LogP contribution in [0.3, 0.4) is 0 Å². The molecule has 0 radical (unpaired) electrons. The van der Waals surface area contributed by atoms with Gasteiger partial charge in [-0.15, -0.1) is 0 Å². The van der Waals surface area contributed by atoms with E-state index in [-0.39, 0.29) is 11.7 Å². The lowest BCUT2D eigenvalue weighted by molar-refractivity contribution is -0.158. The molecule has 2 fully saturated rings. The van der Waals surface area contributed by atoms with Gasteiger partial charge < -0.3 is 16.0 Å². The number of nitrogens with one attached hydrogen (secondary N) is 2. The molecule has 1 aromatic rings. The van der Waals surface area contributed by atoms with Crippen molar-refractivity contribution < 1.29 is 18.0 Å². The van der Waals surface area contributed by atoms with Crippen LogP contribution < -0.4 is 11.1 Å². The summed E-state index contributed by atoms with van der Waals surface area (Å²) < 4.78 is 40.2. The number of nitrogens with zero attached hydrogens (tertiary/aromatic N) is 1. The van der Waals surface area contributed by atoms with Gasteiger partial charge in [-0.25, -0.2) is 4.98 Å². The van der Waals surface area contributed by atoms with Gasteiger partial charge in [-0.1, -0.05) is 0 Å². The summed E-state index contributed by atoms with van der Waals surface area (Å²) in [6.07, 6.45) is -0.302. The number of piperidine rings is 1. The van der Waals surface area contributed by atoms with Crippen LogP contribution in [0.1, 0.15) is 31.0 Å². The Morgan fingerprint density at radius 3 is 2.81 bits per heavy atom. The Kier molecular flexibility index (Phi) is 3.23. The summed E-state index contributed by atoms with van der Waals surface area (Å²) >= 11 is 0. The summed E-state index contributed by atoms with van der Waals surface area (Å²) in [5.74, 6) is -3.07. The standard InChI is InChI=1S/C13H17F3N4O/c14-13(15,16)9(11-18-3-4-19-11)8-6-12(8)5-7(10(17)21)1-2-20-12/h3-4,7-9,20H,1-2,5-6H2,(H2,17,21)(H,18,19). The molecule has 1 amide bonds. The molecule has 1 saturated heterocycles. The topological polar surface area (TPSA) is 83.8 Å². The number of amides is 1. The minimum Gasteiger partial charge on any atom is -0.369 e. The fourth-order valence-corrected chi connectivity index (χ4v) is 3.58. The SMILES string of the molecule is NC(=O)C1CCNC2(C1)CC2C(c1ncc[nH]1)C(F)(F)F. The quantitative estimate of drug-likeness (QED) is 0.787. The van der Waals surface area contributed by atoms with Gasteiger partial charge in [-0.2, -0.15) is 13.2 Å². The van der Waals surface area contributed by atoms with Crippen molar-refractivity contribution in [1.29, 1.82) is 0 Å². The van der Waals surface area contributed by atoms with Gasteiger partial charge in [0, 0.05) is 23.9 Å². The zero-order valence-electron chi connectivity index (χ0n) is 11.3. The predicted octanol–water partition coefficient (Wildman–Crippen LogP) is 1.30. The highest BCUT2D eigenvalue weighted by Gasteiger charge is 2.65. The summed E-state index contributed by atoms with van der Waals surface area (Å²) in [5, 5.41) is 3.17. The largest absolute Gasteiger partial charge is 0.399 e. The second-order valence-electron chi connectivity index (χ2n) is 5.98. The number of aromatic nitrogens is 2. The zero-order chi connectivity index (χ0) is 15.3. The van der Waals surface area contributed by atoms with Crippen LogP contribution >= 0.6 is 0 Å². The second-order valence-corrected chi connectivity index (χ2v) is 5.98. The molecule has 1 aromatic heterocycles. The van der Waals surface area contributed by atoms with Crippen LogP contribution in [-0.2, 0) is 4.79 Å². The van der Waals surface area contributed by atoms with Crippen molar-refractivity contribution >= 4 is 5.91 Å². The van der Waals surface area contributed by atoms with Crippen LogP contribution in [0, 0.1) is 11.8 Å². The minimum atomic E-state index is -4.37. The first-order valence-electron chi connectivity index (χ1n) is 6.94. The molecule has 3 rings (SSSR count). The molecule has 4 N–H and O–H groups in total. The molecule has 4 unspecified atom stereocenters. The van der Waals surface area contributed by atoms with Crippen molar-refractivity contribution in [3.05, 3.63) is 18.2 Å². The number of hydrogen-bond donors (Lipinski definition) is 3. The van der Waals surface area contributed by atoms with E-state index in [9.17, 15) is 18.0 Å². The van der Waals surface area contributed by atoms with E-state index >= 15 is 0 Å². The molecule has 0 aromatic carbocycles. The van der Waals surface area contributed by atoms with Crippen LogP contribution in [0.5, 0.6) is 0 Å². The van der Waals surface area contributed by atoms with Crippen molar-refractivity contribution in [3.8, 4) is 0 Å². The third-order valence-electron chi connectivity index (χ3n) is 4.69. The molecule has 2 heterocycles. The number of H-pyrrole nitrogens is 1. The number of halogens is 3. The minimum absolute atomic E-state index is 0.0626. The highest BCUT2D eigenvalue weighted by atomic mass is 19.4. The lowest BCUT2D eigenvalue weighted by Gasteiger charge is -2.31. The molecule has 8 heteroatoms. The Morgan fingerprint density at radius 2 is 2.24 bits per heavy atom. The van der Waals surface area contributed by atoms with Crippen molar-refractivity contribution in [2.45, 2.75) is 36.9 Å². The van der Waals surface area contributed by atoms with E-state index in [1.807, 2.05) is 0 Å². The molecule has 1 aliphatic heterocycles. The molecular weight excluding hydrogens is 285 g/mol. The van der Waals surface area contributed by atoms with Crippen LogP contribution in [0.2, 0.25) is 0 Å². The maximum absolute atomic E-state index is 13.4. The van der Waals surface area contributed by atoms with Crippen molar-refractivity contribution in [2.75, 3.05) is 6.54 Å². The lowest BCUT2D eigenvalue weighted by atomic mass is 9.86. The maximum atomic E-state index is 13.4. The van der Waals surface area contributed by atoms with Gasteiger partial charge >= 0.3 is 6.18 Å². The highest BCUT2D eigenvalue weighted by molar-refractivity contribution is 5.77. The van der Waals surface area contributed by atoms with E-state index in [4.69, 9.17) is 5.73 Å². The number of rotatable bonds is 3. The summed E-state index contributed by atoms with van der Waals surface area (Å²) in [4.78, 5) is 17.7. The van der Waals surface area contributed by atoms with Crippen molar-refractivity contribution in [1.82, 2.24) is 15.3 Å². The molecule has 5 nitrogen and oxygen atoms in total.